The highest BCUT2D eigenvalue weighted by Crippen LogP contribution is 2.39. The zero-order valence-corrected chi connectivity index (χ0v) is 31.9. The van der Waals surface area contributed by atoms with E-state index < -0.39 is 0 Å². The molecule has 0 saturated heterocycles. The van der Waals surface area contributed by atoms with Crippen molar-refractivity contribution in [2.45, 2.75) is 0 Å². The third-order valence-electron chi connectivity index (χ3n) is 11.8. The Kier molecular flexibility index (Phi) is 7.50. The summed E-state index contributed by atoms with van der Waals surface area (Å²) in [6, 6.07) is 73.4. The van der Waals surface area contributed by atoms with Gasteiger partial charge in [-0.2, -0.15) is 0 Å². The van der Waals surface area contributed by atoms with Gasteiger partial charge in [-0.15, -0.1) is 0 Å². The first kappa shape index (κ1) is 33.2. The molecule has 0 saturated carbocycles. The molecule has 0 atom stereocenters. The second-order valence-electron chi connectivity index (χ2n) is 15.2. The van der Waals surface area contributed by atoms with Gasteiger partial charge >= 0.3 is 0 Å². The molecular formula is C55H34N4. The summed E-state index contributed by atoms with van der Waals surface area (Å²) in [7, 11) is 0. The smallest absolute Gasteiger partial charge is 0.164 e. The maximum atomic E-state index is 5.14. The van der Waals surface area contributed by atoms with Gasteiger partial charge in [-0.05, 0) is 73.1 Å². The second-order valence-corrected chi connectivity index (χ2v) is 15.2. The molecule has 274 valence electrons. The average Bonchev–Trinajstić information content (AvgIpc) is 3.67. The fraction of sp³-hybridized carbons (Fsp3) is 0. The van der Waals surface area contributed by atoms with E-state index in [2.05, 4.69) is 193 Å². The van der Waals surface area contributed by atoms with E-state index in [-0.39, 0.29) is 0 Å². The van der Waals surface area contributed by atoms with Crippen molar-refractivity contribution in [1.82, 2.24) is 19.5 Å². The van der Waals surface area contributed by atoms with E-state index in [1.54, 1.807) is 0 Å². The standard InChI is InChI=1S/C55H34N4/c1-2-13-38(14-3-1)53-56-54(58-55(57-53)40-29-32-47-45-18-7-6-16-43(45)44-17-8-9-19-46(44)50(47)34-40)39-24-22-35(23-25-39)36-26-30-41(31-27-36)59-51-21-11-10-20-48(51)49-33-28-37-12-4-5-15-42(37)52(49)59/h1-34H. The van der Waals surface area contributed by atoms with E-state index in [9.17, 15) is 0 Å². The SMILES string of the molecule is c1ccc(-c2nc(-c3ccc(-c4ccc(-n5c6ccccc6c6ccc7ccccc7c65)cc4)cc3)nc(-c3ccc4c5ccccc5c5ccccc5c4c3)n2)cc1. The topological polar surface area (TPSA) is 43.6 Å². The number of hydrogen-bond donors (Lipinski definition) is 0. The summed E-state index contributed by atoms with van der Waals surface area (Å²) < 4.78 is 2.41. The first-order chi connectivity index (χ1) is 29.2. The Hall–Kier alpha value is -7.95. The minimum atomic E-state index is 0.637. The summed E-state index contributed by atoms with van der Waals surface area (Å²) in [5.41, 5.74) is 8.66. The molecule has 0 spiro atoms. The molecule has 0 radical (unpaired) electrons. The van der Waals surface area contributed by atoms with E-state index in [4.69, 9.17) is 15.0 Å². The van der Waals surface area contributed by atoms with Gasteiger partial charge in [0.1, 0.15) is 0 Å². The molecule has 2 aromatic heterocycles. The second kappa shape index (κ2) is 13.3. The number of hydrogen-bond acceptors (Lipinski definition) is 3. The lowest BCUT2D eigenvalue weighted by atomic mass is 9.93. The molecule has 4 nitrogen and oxygen atoms in total. The maximum Gasteiger partial charge on any atom is 0.164 e. The Morgan fingerprint density at radius 3 is 1.37 bits per heavy atom. The molecule has 12 rings (SSSR count). The van der Waals surface area contributed by atoms with Crippen LogP contribution in [0.4, 0.5) is 0 Å². The Balaban J connectivity index is 0.938. The molecule has 0 unspecified atom stereocenters. The zero-order valence-electron chi connectivity index (χ0n) is 31.9. The minimum Gasteiger partial charge on any atom is -0.309 e. The van der Waals surface area contributed by atoms with Crippen LogP contribution in [0.15, 0.2) is 206 Å². The summed E-state index contributed by atoms with van der Waals surface area (Å²) in [5.74, 6) is 1.93. The first-order valence-electron chi connectivity index (χ1n) is 20.0. The Labute approximate surface area is 340 Å². The summed E-state index contributed by atoms with van der Waals surface area (Å²) >= 11 is 0. The predicted molar refractivity (Wildman–Crippen MR) is 246 cm³/mol. The lowest BCUT2D eigenvalue weighted by Crippen LogP contribution is -2.00. The Morgan fingerprint density at radius 2 is 0.712 bits per heavy atom. The van der Waals surface area contributed by atoms with Crippen LogP contribution in [-0.4, -0.2) is 19.5 Å². The molecule has 0 amide bonds. The van der Waals surface area contributed by atoms with E-state index in [0.29, 0.717) is 17.5 Å². The molecule has 0 aliphatic carbocycles. The quantitative estimate of drug-likeness (QED) is 0.165. The highest BCUT2D eigenvalue weighted by Gasteiger charge is 2.17. The van der Waals surface area contributed by atoms with Gasteiger partial charge in [-0.1, -0.05) is 182 Å². The maximum absolute atomic E-state index is 5.14. The molecular weight excluding hydrogens is 717 g/mol. The highest BCUT2D eigenvalue weighted by molar-refractivity contribution is 6.25. The van der Waals surface area contributed by atoms with Crippen molar-refractivity contribution < 1.29 is 0 Å². The third-order valence-corrected chi connectivity index (χ3v) is 11.8. The van der Waals surface area contributed by atoms with Crippen molar-refractivity contribution in [2.75, 3.05) is 0 Å². The van der Waals surface area contributed by atoms with E-state index in [0.717, 1.165) is 33.5 Å². The number of benzene rings is 10. The molecule has 12 aromatic rings. The molecule has 59 heavy (non-hydrogen) atoms. The first-order valence-corrected chi connectivity index (χ1v) is 20.0. The van der Waals surface area contributed by atoms with E-state index in [1.165, 1.54) is 64.9 Å². The molecule has 0 aliphatic heterocycles. The fourth-order valence-corrected chi connectivity index (χ4v) is 9.01. The normalized spacial score (nSPS) is 11.7. The Morgan fingerprint density at radius 1 is 0.271 bits per heavy atom. The number of nitrogens with zero attached hydrogens (tertiary/aromatic N) is 4. The number of fused-ring (bicyclic) bond motifs is 11. The van der Waals surface area contributed by atoms with Crippen molar-refractivity contribution in [1.29, 1.82) is 0 Å². The minimum absolute atomic E-state index is 0.637. The van der Waals surface area contributed by atoms with Crippen LogP contribution < -0.4 is 0 Å². The van der Waals surface area contributed by atoms with E-state index in [1.807, 2.05) is 18.2 Å². The van der Waals surface area contributed by atoms with Gasteiger partial charge in [0.2, 0.25) is 0 Å². The van der Waals surface area contributed by atoms with Crippen LogP contribution >= 0.6 is 0 Å². The average molecular weight is 751 g/mol. The number of rotatable bonds is 5. The molecule has 10 aromatic carbocycles. The monoisotopic (exact) mass is 750 g/mol. The molecule has 0 aliphatic rings. The number of aromatic nitrogens is 4. The van der Waals surface area contributed by atoms with Crippen LogP contribution in [0.5, 0.6) is 0 Å². The summed E-state index contributed by atoms with van der Waals surface area (Å²) in [6.07, 6.45) is 0. The Bertz CT molecular complexity index is 3550. The van der Waals surface area contributed by atoms with Crippen molar-refractivity contribution >= 4 is 64.9 Å². The van der Waals surface area contributed by atoms with Crippen molar-refractivity contribution in [3.63, 3.8) is 0 Å². The van der Waals surface area contributed by atoms with Crippen molar-refractivity contribution in [3.05, 3.63) is 206 Å². The summed E-state index contributed by atoms with van der Waals surface area (Å²) in [4.78, 5) is 15.3. The van der Waals surface area contributed by atoms with Crippen molar-refractivity contribution in [3.8, 4) is 51.0 Å². The van der Waals surface area contributed by atoms with Gasteiger partial charge < -0.3 is 4.57 Å². The molecule has 0 bridgehead atoms. The molecule has 2 heterocycles. The molecule has 4 heteroatoms. The van der Waals surface area contributed by atoms with Crippen LogP contribution in [0.1, 0.15) is 0 Å². The van der Waals surface area contributed by atoms with Crippen LogP contribution in [0.3, 0.4) is 0 Å². The number of para-hydroxylation sites is 1. The lowest BCUT2D eigenvalue weighted by molar-refractivity contribution is 1.07. The van der Waals surface area contributed by atoms with Gasteiger partial charge in [0.15, 0.2) is 17.5 Å². The van der Waals surface area contributed by atoms with Crippen LogP contribution in [0.2, 0.25) is 0 Å². The largest absolute Gasteiger partial charge is 0.309 e. The highest BCUT2D eigenvalue weighted by atomic mass is 15.0. The lowest BCUT2D eigenvalue weighted by Gasteiger charge is -2.13. The molecule has 0 fully saturated rings. The summed E-state index contributed by atoms with van der Waals surface area (Å²) in [5, 5.41) is 12.4. The zero-order chi connectivity index (χ0) is 38.9. The van der Waals surface area contributed by atoms with Gasteiger partial charge in [-0.3, -0.25) is 0 Å². The van der Waals surface area contributed by atoms with Gasteiger partial charge in [0.25, 0.3) is 0 Å². The van der Waals surface area contributed by atoms with Gasteiger partial charge in [0.05, 0.1) is 11.0 Å². The summed E-state index contributed by atoms with van der Waals surface area (Å²) in [6.45, 7) is 0. The van der Waals surface area contributed by atoms with Gasteiger partial charge in [-0.25, -0.2) is 15.0 Å². The molecule has 0 N–H and O–H groups in total. The van der Waals surface area contributed by atoms with Crippen molar-refractivity contribution in [2.24, 2.45) is 0 Å². The van der Waals surface area contributed by atoms with Gasteiger partial charge in [0, 0.05) is 38.5 Å². The predicted octanol–water partition coefficient (Wildman–Crippen LogP) is 14.2. The van der Waals surface area contributed by atoms with Crippen LogP contribution in [-0.2, 0) is 0 Å². The third kappa shape index (κ3) is 5.42. The van der Waals surface area contributed by atoms with Crippen LogP contribution in [0, 0.1) is 0 Å². The van der Waals surface area contributed by atoms with Crippen LogP contribution in [0.25, 0.3) is 116 Å². The fourth-order valence-electron chi connectivity index (χ4n) is 9.01. The van der Waals surface area contributed by atoms with E-state index >= 15 is 0 Å².